The van der Waals surface area contributed by atoms with Gasteiger partial charge in [0.05, 0.1) is 0 Å². The minimum absolute atomic E-state index is 0.0783. The Kier molecular flexibility index (Phi) is 60.8. The number of hydrogen-bond acceptors (Lipinski definition) is 6. The molecular weight excluding hydrogens is 937 g/mol. The van der Waals surface area contributed by atoms with Crippen molar-refractivity contribution in [2.45, 2.75) is 316 Å². The summed E-state index contributed by atoms with van der Waals surface area (Å²) >= 11 is 0. The van der Waals surface area contributed by atoms with Crippen LogP contribution in [0.1, 0.15) is 310 Å². The van der Waals surface area contributed by atoms with Crippen molar-refractivity contribution in [3.05, 3.63) is 97.2 Å². The van der Waals surface area contributed by atoms with E-state index in [4.69, 9.17) is 14.2 Å². The van der Waals surface area contributed by atoms with Crippen LogP contribution in [0.25, 0.3) is 0 Å². The lowest BCUT2D eigenvalue weighted by molar-refractivity contribution is -0.167. The highest BCUT2D eigenvalue weighted by molar-refractivity contribution is 5.71. The zero-order valence-corrected chi connectivity index (χ0v) is 50.0. The van der Waals surface area contributed by atoms with Gasteiger partial charge in [0.25, 0.3) is 0 Å². The molecule has 0 saturated carbocycles. The maximum atomic E-state index is 12.8. The average molecular weight is 1060 g/mol. The number of allylic oxidation sites excluding steroid dienone is 16. The summed E-state index contributed by atoms with van der Waals surface area (Å²) in [5, 5.41) is 0. The van der Waals surface area contributed by atoms with Gasteiger partial charge in [-0.25, -0.2) is 0 Å². The Hall–Kier alpha value is -3.67. The van der Waals surface area contributed by atoms with Crippen LogP contribution in [0.4, 0.5) is 0 Å². The Morgan fingerprint density at radius 2 is 0.513 bits per heavy atom. The van der Waals surface area contributed by atoms with Gasteiger partial charge in [-0.1, -0.05) is 285 Å². The summed E-state index contributed by atoms with van der Waals surface area (Å²) in [5.74, 6) is -0.888. The molecule has 0 amide bonds. The monoisotopic (exact) mass is 1060 g/mol. The van der Waals surface area contributed by atoms with E-state index in [-0.39, 0.29) is 31.1 Å². The molecule has 0 N–H and O–H groups in total. The topological polar surface area (TPSA) is 78.9 Å². The summed E-state index contributed by atoms with van der Waals surface area (Å²) in [6.07, 6.45) is 85.9. The molecule has 6 heteroatoms. The van der Waals surface area contributed by atoms with Crippen LogP contribution >= 0.6 is 0 Å². The lowest BCUT2D eigenvalue weighted by atomic mass is 10.1. The fourth-order valence-corrected chi connectivity index (χ4v) is 9.01. The van der Waals surface area contributed by atoms with Crippen molar-refractivity contribution in [2.24, 2.45) is 0 Å². The number of esters is 3. The van der Waals surface area contributed by atoms with Crippen LogP contribution in [0.3, 0.4) is 0 Å². The molecule has 0 aliphatic heterocycles. The maximum Gasteiger partial charge on any atom is 0.306 e. The van der Waals surface area contributed by atoms with Crippen molar-refractivity contribution in [2.75, 3.05) is 13.2 Å². The van der Waals surface area contributed by atoms with Gasteiger partial charge in [-0.05, 0) is 103 Å². The van der Waals surface area contributed by atoms with Crippen LogP contribution in [-0.4, -0.2) is 37.2 Å². The predicted molar refractivity (Wildman–Crippen MR) is 330 cm³/mol. The van der Waals surface area contributed by atoms with Gasteiger partial charge in [-0.3, -0.25) is 14.4 Å². The first-order valence-electron chi connectivity index (χ1n) is 32.2. The average Bonchev–Trinajstić information content (AvgIpc) is 3.42. The maximum absolute atomic E-state index is 12.8. The van der Waals surface area contributed by atoms with E-state index in [0.29, 0.717) is 19.3 Å². The highest BCUT2D eigenvalue weighted by Gasteiger charge is 2.19. The molecule has 1 atom stereocenters. The molecule has 0 rings (SSSR count). The van der Waals surface area contributed by atoms with Gasteiger partial charge in [-0.15, -0.1) is 0 Å². The number of rotatable bonds is 58. The molecule has 0 radical (unpaired) electrons. The second kappa shape index (κ2) is 63.9. The van der Waals surface area contributed by atoms with Gasteiger partial charge < -0.3 is 14.2 Å². The molecule has 0 aliphatic rings. The summed E-state index contributed by atoms with van der Waals surface area (Å²) in [7, 11) is 0. The normalized spacial score (nSPS) is 12.7. The molecule has 0 aromatic carbocycles. The Labute approximate surface area is 470 Å². The summed E-state index contributed by atoms with van der Waals surface area (Å²) < 4.78 is 16.8. The second-order valence-electron chi connectivity index (χ2n) is 21.3. The number of ether oxygens (including phenoxy) is 3. The van der Waals surface area contributed by atoms with E-state index in [1.807, 2.05) is 0 Å². The fraction of sp³-hybridized carbons (Fsp3) is 0.729. The van der Waals surface area contributed by atoms with E-state index in [0.717, 1.165) is 109 Å². The van der Waals surface area contributed by atoms with E-state index < -0.39 is 6.10 Å². The first-order valence-corrected chi connectivity index (χ1v) is 32.2. The first-order chi connectivity index (χ1) is 37.5. The standard InChI is InChI=1S/C70H120O6/c1-4-7-10-13-16-18-20-22-24-26-28-30-31-32-33-34-35-36-37-38-39-41-42-44-46-48-50-52-54-57-60-63-69(72)75-66-67(65-74-68(71)62-59-56-15-12-9-6-3)76-70(73)64-61-58-55-53-51-49-47-45-43-40-29-27-25-23-21-19-17-14-11-8-5-2/h7,10,16,18,22,24,27-30,32-33,35-36,38-39,67H,4-6,8-9,11-15,17,19-21,23,25-26,31,34,37,40-66H2,1-3H3/b10-7-,18-16-,24-22-,29-27-,30-28-,33-32-,36-35-,39-38-. The van der Waals surface area contributed by atoms with Crippen LogP contribution in [-0.2, 0) is 28.6 Å². The quantitative estimate of drug-likeness (QED) is 0.0261. The van der Waals surface area contributed by atoms with E-state index in [1.165, 1.54) is 161 Å². The zero-order chi connectivity index (χ0) is 55.0. The number of unbranched alkanes of at least 4 members (excludes halogenated alkanes) is 31. The second-order valence-corrected chi connectivity index (χ2v) is 21.3. The third-order valence-corrected chi connectivity index (χ3v) is 13.8. The van der Waals surface area contributed by atoms with Crippen molar-refractivity contribution < 1.29 is 28.6 Å². The van der Waals surface area contributed by atoms with Gasteiger partial charge in [0, 0.05) is 19.3 Å². The van der Waals surface area contributed by atoms with Gasteiger partial charge in [0.1, 0.15) is 13.2 Å². The Morgan fingerprint density at radius 1 is 0.276 bits per heavy atom. The molecule has 0 spiro atoms. The molecule has 0 saturated heterocycles. The van der Waals surface area contributed by atoms with Crippen LogP contribution in [0.15, 0.2) is 97.2 Å². The predicted octanol–water partition coefficient (Wildman–Crippen LogP) is 22.0. The van der Waals surface area contributed by atoms with Crippen molar-refractivity contribution in [3.63, 3.8) is 0 Å². The Bertz CT molecular complexity index is 1490. The van der Waals surface area contributed by atoms with Gasteiger partial charge >= 0.3 is 17.9 Å². The molecule has 0 fully saturated rings. The molecule has 6 nitrogen and oxygen atoms in total. The van der Waals surface area contributed by atoms with Crippen molar-refractivity contribution in [1.29, 1.82) is 0 Å². The largest absolute Gasteiger partial charge is 0.462 e. The van der Waals surface area contributed by atoms with Crippen LogP contribution in [0, 0.1) is 0 Å². The summed E-state index contributed by atoms with van der Waals surface area (Å²) in [4.78, 5) is 38.0. The Morgan fingerprint density at radius 3 is 0.816 bits per heavy atom. The highest BCUT2D eigenvalue weighted by atomic mass is 16.6. The molecule has 0 bridgehead atoms. The number of carbonyl (C=O) groups excluding carboxylic acids is 3. The fourth-order valence-electron chi connectivity index (χ4n) is 9.01. The minimum Gasteiger partial charge on any atom is -0.462 e. The molecule has 1 unspecified atom stereocenters. The smallest absolute Gasteiger partial charge is 0.306 e. The molecule has 0 aromatic heterocycles. The van der Waals surface area contributed by atoms with Crippen LogP contribution in [0.5, 0.6) is 0 Å². The molecule has 0 aromatic rings. The lowest BCUT2D eigenvalue weighted by Crippen LogP contribution is -2.30. The summed E-state index contributed by atoms with van der Waals surface area (Å²) in [5.41, 5.74) is 0. The van der Waals surface area contributed by atoms with E-state index in [2.05, 4.69) is 118 Å². The summed E-state index contributed by atoms with van der Waals surface area (Å²) in [6.45, 7) is 6.48. The lowest BCUT2D eigenvalue weighted by Gasteiger charge is -2.18. The SMILES string of the molecule is CC/C=C\C/C=C\C/C=C\C/C=C\C/C=C\C/C=C\C/C=C\CCCCCCCCCCCC(=O)OCC(COC(=O)CCCCCCCC)OC(=O)CCCCCCCCCCC/C=C\CCCCCCCCCC. The van der Waals surface area contributed by atoms with Gasteiger partial charge in [0.2, 0.25) is 0 Å². The van der Waals surface area contributed by atoms with Crippen LogP contribution in [0.2, 0.25) is 0 Å². The third-order valence-electron chi connectivity index (χ3n) is 13.8. The zero-order valence-electron chi connectivity index (χ0n) is 50.0. The van der Waals surface area contributed by atoms with Crippen molar-refractivity contribution in [3.8, 4) is 0 Å². The van der Waals surface area contributed by atoms with Crippen LogP contribution < -0.4 is 0 Å². The van der Waals surface area contributed by atoms with E-state index in [9.17, 15) is 14.4 Å². The van der Waals surface area contributed by atoms with Crippen molar-refractivity contribution in [1.82, 2.24) is 0 Å². The minimum atomic E-state index is -0.778. The van der Waals surface area contributed by atoms with Crippen molar-refractivity contribution >= 4 is 17.9 Å². The molecule has 0 heterocycles. The number of carbonyl (C=O) groups is 3. The Balaban J connectivity index is 4.10. The molecule has 76 heavy (non-hydrogen) atoms. The third kappa shape index (κ3) is 61.2. The van der Waals surface area contributed by atoms with E-state index >= 15 is 0 Å². The van der Waals surface area contributed by atoms with Gasteiger partial charge in [0.15, 0.2) is 6.10 Å². The summed E-state index contributed by atoms with van der Waals surface area (Å²) in [6, 6.07) is 0. The first kappa shape index (κ1) is 72.3. The van der Waals surface area contributed by atoms with Gasteiger partial charge in [-0.2, -0.15) is 0 Å². The molecule has 0 aliphatic carbocycles. The highest BCUT2D eigenvalue weighted by Crippen LogP contribution is 2.16. The molecule has 436 valence electrons. The van der Waals surface area contributed by atoms with E-state index in [1.54, 1.807) is 0 Å². The molecular formula is C70H120O6. The number of hydrogen-bond donors (Lipinski definition) is 0.